The highest BCUT2D eigenvalue weighted by Gasteiger charge is 2.27. The SMILES string of the molecule is CCNCCN(CC(=O)N(C)N1Cc2ccccc2C1)C(=O)CNc1cc(-c2nc(C(=O)N(C)C)cs2)ccc1C.Cl. The van der Waals surface area contributed by atoms with Crippen LogP contribution >= 0.6 is 23.7 Å². The fourth-order valence-corrected chi connectivity index (χ4v) is 5.39. The van der Waals surface area contributed by atoms with Crippen LogP contribution in [-0.2, 0) is 22.7 Å². The van der Waals surface area contributed by atoms with Crippen molar-refractivity contribution in [1.82, 2.24) is 30.1 Å². The summed E-state index contributed by atoms with van der Waals surface area (Å²) in [4.78, 5) is 46.5. The zero-order valence-corrected chi connectivity index (χ0v) is 26.5. The number of anilines is 1. The second kappa shape index (κ2) is 15.1. The quantitative estimate of drug-likeness (QED) is 0.302. The molecule has 226 valence electrons. The van der Waals surface area contributed by atoms with Crippen LogP contribution in [0.15, 0.2) is 47.8 Å². The van der Waals surface area contributed by atoms with Gasteiger partial charge in [-0.15, -0.1) is 23.7 Å². The molecule has 3 aromatic rings. The predicted molar refractivity (Wildman–Crippen MR) is 170 cm³/mol. The number of carbonyl (C=O) groups is 3. The molecule has 0 saturated carbocycles. The number of rotatable bonds is 12. The number of halogens is 1. The minimum Gasteiger partial charge on any atom is -0.376 e. The fourth-order valence-electron chi connectivity index (χ4n) is 4.60. The van der Waals surface area contributed by atoms with Gasteiger partial charge in [0.15, 0.2) is 0 Å². The monoisotopic (exact) mass is 613 g/mol. The molecule has 0 unspecified atom stereocenters. The Morgan fingerprint density at radius 3 is 2.36 bits per heavy atom. The Kier molecular flexibility index (Phi) is 11.9. The van der Waals surface area contributed by atoms with Gasteiger partial charge in [-0.1, -0.05) is 43.3 Å². The summed E-state index contributed by atoms with van der Waals surface area (Å²) in [6, 6.07) is 14.0. The summed E-state index contributed by atoms with van der Waals surface area (Å²) in [6.07, 6.45) is 0. The zero-order valence-electron chi connectivity index (χ0n) is 24.8. The lowest BCUT2D eigenvalue weighted by molar-refractivity contribution is -0.151. The van der Waals surface area contributed by atoms with Crippen LogP contribution in [0.2, 0.25) is 0 Å². The summed E-state index contributed by atoms with van der Waals surface area (Å²) in [6.45, 7) is 7.17. The van der Waals surface area contributed by atoms with Crippen LogP contribution in [0.25, 0.3) is 10.6 Å². The number of aryl methyl sites for hydroxylation is 1. The van der Waals surface area contributed by atoms with Crippen molar-refractivity contribution in [3.63, 3.8) is 0 Å². The molecule has 42 heavy (non-hydrogen) atoms. The molecule has 0 spiro atoms. The Bertz CT molecular complexity index is 1370. The Morgan fingerprint density at radius 2 is 1.71 bits per heavy atom. The Labute approximate surface area is 258 Å². The molecule has 1 aromatic heterocycles. The maximum Gasteiger partial charge on any atom is 0.272 e. The number of benzene rings is 2. The average molecular weight is 614 g/mol. The molecular weight excluding hydrogens is 574 g/mol. The lowest BCUT2D eigenvalue weighted by atomic mass is 10.1. The van der Waals surface area contributed by atoms with E-state index >= 15 is 0 Å². The number of carbonyl (C=O) groups excluding carboxylic acids is 3. The van der Waals surface area contributed by atoms with Crippen LogP contribution in [-0.4, -0.2) is 96.4 Å². The number of hydrogen-bond acceptors (Lipinski definition) is 8. The maximum atomic E-state index is 13.4. The van der Waals surface area contributed by atoms with Gasteiger partial charge in [0.05, 0.1) is 6.54 Å². The first-order valence-electron chi connectivity index (χ1n) is 13.8. The van der Waals surface area contributed by atoms with Crippen molar-refractivity contribution in [2.24, 2.45) is 0 Å². The summed E-state index contributed by atoms with van der Waals surface area (Å²) in [5.74, 6) is -0.435. The van der Waals surface area contributed by atoms with Gasteiger partial charge in [-0.25, -0.2) is 9.99 Å². The highest BCUT2D eigenvalue weighted by atomic mass is 35.5. The van der Waals surface area contributed by atoms with Gasteiger partial charge in [0.25, 0.3) is 11.8 Å². The summed E-state index contributed by atoms with van der Waals surface area (Å²) in [7, 11) is 5.17. The van der Waals surface area contributed by atoms with Crippen LogP contribution in [0.4, 0.5) is 5.69 Å². The Morgan fingerprint density at radius 1 is 1.02 bits per heavy atom. The molecule has 0 atom stereocenters. The van der Waals surface area contributed by atoms with Gasteiger partial charge < -0.3 is 20.4 Å². The molecule has 0 radical (unpaired) electrons. The molecule has 1 aliphatic rings. The van der Waals surface area contributed by atoms with E-state index in [4.69, 9.17) is 0 Å². The molecule has 0 fully saturated rings. The van der Waals surface area contributed by atoms with E-state index in [0.717, 1.165) is 28.4 Å². The third-order valence-electron chi connectivity index (χ3n) is 7.14. The van der Waals surface area contributed by atoms with Crippen molar-refractivity contribution in [2.45, 2.75) is 26.9 Å². The highest BCUT2D eigenvalue weighted by Crippen LogP contribution is 2.28. The summed E-state index contributed by atoms with van der Waals surface area (Å²) in [5.41, 5.74) is 5.48. The van der Waals surface area contributed by atoms with Gasteiger partial charge in [0.2, 0.25) is 5.91 Å². The minimum atomic E-state index is -0.160. The number of nitrogens with one attached hydrogen (secondary N) is 2. The third-order valence-corrected chi connectivity index (χ3v) is 8.03. The van der Waals surface area contributed by atoms with E-state index in [2.05, 4.69) is 27.8 Å². The van der Waals surface area contributed by atoms with E-state index in [1.165, 1.54) is 27.4 Å². The van der Waals surface area contributed by atoms with Crippen LogP contribution in [0.3, 0.4) is 0 Å². The normalized spacial score (nSPS) is 12.3. The molecule has 4 rings (SSSR count). The van der Waals surface area contributed by atoms with Crippen molar-refractivity contribution in [2.75, 3.05) is 59.2 Å². The smallest absolute Gasteiger partial charge is 0.272 e. The first-order valence-corrected chi connectivity index (χ1v) is 14.6. The number of nitrogens with zero attached hydrogens (tertiary/aromatic N) is 5. The molecule has 2 aromatic carbocycles. The van der Waals surface area contributed by atoms with Gasteiger partial charge >= 0.3 is 0 Å². The first-order chi connectivity index (χ1) is 19.7. The molecule has 10 nitrogen and oxygen atoms in total. The van der Waals surface area contributed by atoms with Gasteiger partial charge in [-0.2, -0.15) is 0 Å². The topological polar surface area (TPSA) is 101 Å². The van der Waals surface area contributed by atoms with Crippen molar-refractivity contribution in [3.05, 3.63) is 70.2 Å². The van der Waals surface area contributed by atoms with Crippen molar-refractivity contribution in [1.29, 1.82) is 0 Å². The van der Waals surface area contributed by atoms with Gasteiger partial charge in [-0.3, -0.25) is 19.4 Å². The molecule has 2 N–H and O–H groups in total. The fraction of sp³-hybridized carbons (Fsp3) is 0.400. The van der Waals surface area contributed by atoms with Crippen molar-refractivity contribution < 1.29 is 14.4 Å². The van der Waals surface area contributed by atoms with Crippen molar-refractivity contribution >= 4 is 47.2 Å². The third kappa shape index (κ3) is 8.07. The molecule has 0 aliphatic carbocycles. The maximum absolute atomic E-state index is 13.4. The number of hydrogen-bond donors (Lipinski definition) is 2. The standard InChI is InChI=1S/C30H39N7O3S.ClH/c1-6-31-13-14-36(19-28(39)35(5)37-17-23-9-7-8-10-24(23)18-37)27(38)16-32-25-15-22(12-11-21(25)2)29-33-26(20-41-29)30(40)34(3)4;/h7-12,15,20,31-32H,6,13-14,16-19H2,1-5H3;1H. The zero-order chi connectivity index (χ0) is 29.5. The van der Waals surface area contributed by atoms with Crippen molar-refractivity contribution in [3.8, 4) is 10.6 Å². The largest absolute Gasteiger partial charge is 0.376 e. The van der Waals surface area contributed by atoms with E-state index in [1.54, 1.807) is 36.4 Å². The van der Waals surface area contributed by atoms with Crippen LogP contribution < -0.4 is 10.6 Å². The van der Waals surface area contributed by atoms with Gasteiger partial charge in [-0.05, 0) is 36.2 Å². The Hall–Kier alpha value is -3.51. The summed E-state index contributed by atoms with van der Waals surface area (Å²) >= 11 is 1.40. The van der Waals surface area contributed by atoms with Crippen LogP contribution in [0.5, 0.6) is 0 Å². The van der Waals surface area contributed by atoms with E-state index in [1.807, 2.05) is 49.2 Å². The number of amides is 3. The van der Waals surface area contributed by atoms with Gasteiger partial charge in [0, 0.05) is 64.0 Å². The number of likely N-dealkylation sites (N-methyl/N-ethyl adjacent to an activating group) is 2. The van der Waals surface area contributed by atoms with E-state index in [9.17, 15) is 14.4 Å². The molecule has 1 aliphatic heterocycles. The lowest BCUT2D eigenvalue weighted by Gasteiger charge is -2.31. The molecular formula is C30H40ClN7O3S. The van der Waals surface area contributed by atoms with Crippen LogP contribution in [0.1, 0.15) is 34.1 Å². The molecule has 2 heterocycles. The molecule has 3 amide bonds. The predicted octanol–water partition coefficient (Wildman–Crippen LogP) is 3.48. The summed E-state index contributed by atoms with van der Waals surface area (Å²) < 4.78 is 0. The number of aromatic nitrogens is 1. The average Bonchev–Trinajstić information content (AvgIpc) is 3.63. The first kappa shape index (κ1) is 33.0. The second-order valence-corrected chi connectivity index (χ2v) is 11.2. The second-order valence-electron chi connectivity index (χ2n) is 10.3. The van der Waals surface area contributed by atoms with E-state index in [0.29, 0.717) is 31.9 Å². The van der Waals surface area contributed by atoms with E-state index in [-0.39, 0.29) is 43.2 Å². The lowest BCUT2D eigenvalue weighted by Crippen LogP contribution is -2.49. The highest BCUT2D eigenvalue weighted by molar-refractivity contribution is 7.13. The minimum absolute atomic E-state index is 0. The number of thiazole rings is 1. The molecule has 0 bridgehead atoms. The Balaban J connectivity index is 0.00000484. The number of fused-ring (bicyclic) bond motifs is 1. The van der Waals surface area contributed by atoms with E-state index < -0.39 is 0 Å². The summed E-state index contributed by atoms with van der Waals surface area (Å²) in [5, 5.41) is 12.6. The van der Waals surface area contributed by atoms with Crippen LogP contribution in [0, 0.1) is 6.92 Å². The number of hydrazine groups is 1. The molecule has 0 saturated heterocycles. The van der Waals surface area contributed by atoms with Gasteiger partial charge in [0.1, 0.15) is 17.2 Å². The molecule has 12 heteroatoms.